The number of amides is 2. The Morgan fingerprint density at radius 3 is 2.59 bits per heavy atom. The van der Waals surface area contributed by atoms with E-state index in [2.05, 4.69) is 10.2 Å². The summed E-state index contributed by atoms with van der Waals surface area (Å²) in [7, 11) is 1.80. The van der Waals surface area contributed by atoms with E-state index in [1.165, 1.54) is 0 Å². The summed E-state index contributed by atoms with van der Waals surface area (Å²) >= 11 is 0. The fourth-order valence-corrected chi connectivity index (χ4v) is 3.31. The first-order chi connectivity index (χ1) is 12.6. The molecule has 8 nitrogen and oxygen atoms in total. The second-order valence-electron chi connectivity index (χ2n) is 8.12. The first-order valence-electron chi connectivity index (χ1n) is 9.11. The maximum absolute atomic E-state index is 12.2. The van der Waals surface area contributed by atoms with E-state index in [0.717, 1.165) is 5.56 Å². The van der Waals surface area contributed by atoms with Crippen molar-refractivity contribution in [3.8, 4) is 0 Å². The minimum absolute atomic E-state index is 0.00261. The molecule has 0 aliphatic carbocycles. The molecule has 0 bridgehead atoms. The zero-order chi connectivity index (χ0) is 19.8. The average Bonchev–Trinajstić information content (AvgIpc) is 2.47. The smallest absolute Gasteiger partial charge is 0.412 e. The van der Waals surface area contributed by atoms with E-state index < -0.39 is 11.7 Å². The molecule has 1 aromatic rings. The third kappa shape index (κ3) is 4.51. The average molecular weight is 376 g/mol. The molecule has 2 heterocycles. The Bertz CT molecular complexity index is 727. The molecule has 2 saturated heterocycles. The van der Waals surface area contributed by atoms with Gasteiger partial charge in [-0.1, -0.05) is 6.07 Å². The van der Waals surface area contributed by atoms with E-state index in [0.29, 0.717) is 37.7 Å². The lowest BCUT2D eigenvalue weighted by molar-refractivity contribution is -0.147. The molecule has 2 amide bonds. The normalized spacial score (nSPS) is 21.7. The molecule has 0 radical (unpaired) electrons. The Morgan fingerprint density at radius 2 is 2.04 bits per heavy atom. The molecule has 148 valence electrons. The van der Waals surface area contributed by atoms with Crippen LogP contribution in [0.25, 0.3) is 0 Å². The van der Waals surface area contributed by atoms with Gasteiger partial charge in [0.1, 0.15) is 5.60 Å². The number of nitrogens with two attached hydrogens (primary N) is 1. The van der Waals surface area contributed by atoms with E-state index in [1.807, 2.05) is 32.9 Å². The number of nitrogens with one attached hydrogen (secondary N) is 1. The summed E-state index contributed by atoms with van der Waals surface area (Å²) in [5.74, 6) is 0.0972. The Kier molecular flexibility index (Phi) is 5.30. The van der Waals surface area contributed by atoms with Crippen molar-refractivity contribution in [2.24, 2.45) is 0 Å². The molecular formula is C19H28N4O4. The Hall–Kier alpha value is -2.32. The molecule has 2 fully saturated rings. The lowest BCUT2D eigenvalue weighted by atomic mass is 9.97. The van der Waals surface area contributed by atoms with Crippen LogP contribution in [0.1, 0.15) is 32.4 Å². The molecule has 2 aliphatic rings. The van der Waals surface area contributed by atoms with Crippen molar-refractivity contribution >= 4 is 23.4 Å². The van der Waals surface area contributed by atoms with Crippen LogP contribution in [0.5, 0.6) is 0 Å². The second kappa shape index (κ2) is 7.36. The largest absolute Gasteiger partial charge is 0.444 e. The Labute approximate surface area is 159 Å². The molecule has 1 unspecified atom stereocenters. The molecule has 3 N–H and O–H groups in total. The number of carbonyl (C=O) groups is 2. The minimum atomic E-state index is -0.569. The van der Waals surface area contributed by atoms with Crippen LogP contribution in [0, 0.1) is 0 Å². The van der Waals surface area contributed by atoms with Gasteiger partial charge >= 0.3 is 6.09 Å². The number of hydrogen-bond donors (Lipinski definition) is 2. The first-order valence-corrected chi connectivity index (χ1v) is 9.11. The molecule has 3 rings (SSSR count). The zero-order valence-electron chi connectivity index (χ0n) is 16.3. The third-order valence-corrected chi connectivity index (χ3v) is 4.77. The highest BCUT2D eigenvalue weighted by atomic mass is 16.6. The first kappa shape index (κ1) is 19.4. The quantitative estimate of drug-likeness (QED) is 0.781. The summed E-state index contributed by atoms with van der Waals surface area (Å²) in [6.07, 6.45) is -0.522. The van der Waals surface area contributed by atoms with Crippen molar-refractivity contribution in [2.75, 3.05) is 44.4 Å². The van der Waals surface area contributed by atoms with Gasteiger partial charge in [-0.25, -0.2) is 4.79 Å². The number of rotatable bonds is 3. The fourth-order valence-electron chi connectivity index (χ4n) is 3.31. The SMILES string of the molecule is CN1CC(c2ccc(NC(=O)OC(C)(C)C)cc2N)N(C2COC2)CC1=O. The van der Waals surface area contributed by atoms with Crippen molar-refractivity contribution in [3.63, 3.8) is 0 Å². The molecule has 2 aliphatic heterocycles. The van der Waals surface area contributed by atoms with Crippen molar-refractivity contribution < 1.29 is 19.1 Å². The Balaban J connectivity index is 1.77. The van der Waals surface area contributed by atoms with Crippen LogP contribution in [0.15, 0.2) is 18.2 Å². The number of piperazine rings is 1. The summed E-state index contributed by atoms with van der Waals surface area (Å²) in [5.41, 5.74) is 7.82. The summed E-state index contributed by atoms with van der Waals surface area (Å²) in [5, 5.41) is 2.70. The highest BCUT2D eigenvalue weighted by Crippen LogP contribution is 2.34. The van der Waals surface area contributed by atoms with Crippen LogP contribution < -0.4 is 11.1 Å². The Morgan fingerprint density at radius 1 is 1.33 bits per heavy atom. The van der Waals surface area contributed by atoms with Crippen LogP contribution >= 0.6 is 0 Å². The van der Waals surface area contributed by atoms with E-state index in [9.17, 15) is 9.59 Å². The summed E-state index contributed by atoms with van der Waals surface area (Å²) in [6.45, 7) is 7.61. The number of nitrogen functional groups attached to an aromatic ring is 1. The molecule has 1 atom stereocenters. The third-order valence-electron chi connectivity index (χ3n) is 4.77. The predicted octanol–water partition coefficient (Wildman–Crippen LogP) is 1.83. The van der Waals surface area contributed by atoms with E-state index in [4.69, 9.17) is 15.2 Å². The predicted molar refractivity (Wildman–Crippen MR) is 102 cm³/mol. The topological polar surface area (TPSA) is 97.1 Å². The van der Waals surface area contributed by atoms with Gasteiger partial charge in [0.25, 0.3) is 0 Å². The molecule has 0 aromatic heterocycles. The highest BCUT2D eigenvalue weighted by molar-refractivity contribution is 5.86. The van der Waals surface area contributed by atoms with Crippen LogP contribution in [0.4, 0.5) is 16.2 Å². The number of likely N-dealkylation sites (N-methyl/N-ethyl adjacent to an activating group) is 1. The number of ether oxygens (including phenoxy) is 2. The van der Waals surface area contributed by atoms with Crippen LogP contribution in [0.3, 0.4) is 0 Å². The van der Waals surface area contributed by atoms with Crippen LogP contribution in [-0.4, -0.2) is 66.8 Å². The monoisotopic (exact) mass is 376 g/mol. The molecule has 27 heavy (non-hydrogen) atoms. The standard InChI is InChI=1S/C19H28N4O4/c1-19(2,3)27-18(25)21-12-5-6-14(15(20)7-12)16-8-22(4)17(24)9-23(16)13-10-26-11-13/h5-7,13,16H,8-11,20H2,1-4H3,(H,21,25). The summed E-state index contributed by atoms with van der Waals surface area (Å²) in [4.78, 5) is 28.0. The number of hydrogen-bond acceptors (Lipinski definition) is 6. The maximum atomic E-state index is 12.2. The number of anilines is 2. The van der Waals surface area contributed by atoms with Gasteiger partial charge in [-0.3, -0.25) is 15.0 Å². The molecule has 0 spiro atoms. The maximum Gasteiger partial charge on any atom is 0.412 e. The molecule has 1 aromatic carbocycles. The summed E-state index contributed by atoms with van der Waals surface area (Å²) < 4.78 is 10.6. The van der Waals surface area contributed by atoms with E-state index >= 15 is 0 Å². The number of nitrogens with zero attached hydrogens (tertiary/aromatic N) is 2. The molecular weight excluding hydrogens is 348 g/mol. The number of carbonyl (C=O) groups excluding carboxylic acids is 2. The van der Waals surface area contributed by atoms with Gasteiger partial charge in [-0.05, 0) is 38.5 Å². The zero-order valence-corrected chi connectivity index (χ0v) is 16.3. The van der Waals surface area contributed by atoms with Crippen molar-refractivity contribution in [1.29, 1.82) is 0 Å². The summed E-state index contributed by atoms with van der Waals surface area (Å²) in [6, 6.07) is 5.67. The lowest BCUT2D eigenvalue weighted by Crippen LogP contribution is -2.59. The van der Waals surface area contributed by atoms with Gasteiger partial charge in [-0.15, -0.1) is 0 Å². The van der Waals surface area contributed by atoms with Gasteiger partial charge in [0.2, 0.25) is 5.91 Å². The molecule has 8 heteroatoms. The van der Waals surface area contributed by atoms with Gasteiger partial charge in [-0.2, -0.15) is 0 Å². The lowest BCUT2D eigenvalue weighted by Gasteiger charge is -2.46. The van der Waals surface area contributed by atoms with Crippen molar-refractivity contribution in [1.82, 2.24) is 9.80 Å². The van der Waals surface area contributed by atoms with E-state index in [-0.39, 0.29) is 18.0 Å². The van der Waals surface area contributed by atoms with Crippen molar-refractivity contribution in [2.45, 2.75) is 38.5 Å². The fraction of sp³-hybridized carbons (Fsp3) is 0.579. The highest BCUT2D eigenvalue weighted by Gasteiger charge is 2.39. The number of benzene rings is 1. The minimum Gasteiger partial charge on any atom is -0.444 e. The van der Waals surface area contributed by atoms with Gasteiger partial charge in [0.05, 0.1) is 31.8 Å². The van der Waals surface area contributed by atoms with Gasteiger partial charge < -0.3 is 20.1 Å². The van der Waals surface area contributed by atoms with Crippen molar-refractivity contribution in [3.05, 3.63) is 23.8 Å². The van der Waals surface area contributed by atoms with Gasteiger partial charge in [0, 0.05) is 25.0 Å². The van der Waals surface area contributed by atoms with Crippen LogP contribution in [-0.2, 0) is 14.3 Å². The molecule has 0 saturated carbocycles. The van der Waals surface area contributed by atoms with E-state index in [1.54, 1.807) is 18.0 Å². The second-order valence-corrected chi connectivity index (χ2v) is 8.12. The van der Waals surface area contributed by atoms with Crippen LogP contribution in [0.2, 0.25) is 0 Å². The van der Waals surface area contributed by atoms with Gasteiger partial charge in [0.15, 0.2) is 0 Å².